The van der Waals surface area contributed by atoms with Gasteiger partial charge < -0.3 is 14.9 Å². The van der Waals surface area contributed by atoms with Crippen LogP contribution >= 0.6 is 0 Å². The lowest BCUT2D eigenvalue weighted by Crippen LogP contribution is -2.07. The second-order valence-electron chi connectivity index (χ2n) is 4.49. The maximum Gasteiger partial charge on any atom is 0.311 e. The fourth-order valence-corrected chi connectivity index (χ4v) is 1.80. The monoisotopic (exact) mass is 272 g/mol. The molecular weight excluding hydrogens is 256 g/mol. The zero-order chi connectivity index (χ0) is 14.4. The lowest BCUT2D eigenvalue weighted by atomic mass is 10.1. The predicted octanol–water partition coefficient (Wildman–Crippen LogP) is 3.03. The predicted molar refractivity (Wildman–Crippen MR) is 74.8 cm³/mol. The van der Waals surface area contributed by atoms with E-state index in [1.807, 2.05) is 12.1 Å². The van der Waals surface area contributed by atoms with E-state index >= 15 is 0 Å². The number of aromatic hydroxyl groups is 2. The summed E-state index contributed by atoms with van der Waals surface area (Å²) >= 11 is 0. The zero-order valence-electron chi connectivity index (χ0n) is 11.0. The molecule has 20 heavy (non-hydrogen) atoms. The second kappa shape index (κ2) is 6.61. The van der Waals surface area contributed by atoms with Gasteiger partial charge in [0.05, 0.1) is 0 Å². The Kier molecular flexibility index (Phi) is 4.60. The van der Waals surface area contributed by atoms with Crippen LogP contribution in [0.2, 0.25) is 0 Å². The van der Waals surface area contributed by atoms with Gasteiger partial charge in [-0.2, -0.15) is 0 Å². The molecule has 2 N–H and O–H groups in total. The van der Waals surface area contributed by atoms with Crippen molar-refractivity contribution in [3.8, 4) is 17.2 Å². The highest BCUT2D eigenvalue weighted by atomic mass is 16.5. The Morgan fingerprint density at radius 3 is 2.05 bits per heavy atom. The summed E-state index contributed by atoms with van der Waals surface area (Å²) in [5.74, 6) is 0.504. The Morgan fingerprint density at radius 1 is 0.900 bits per heavy atom. The third-order valence-corrected chi connectivity index (χ3v) is 2.85. The third-order valence-electron chi connectivity index (χ3n) is 2.85. The summed E-state index contributed by atoms with van der Waals surface area (Å²) in [5, 5.41) is 18.3. The van der Waals surface area contributed by atoms with Gasteiger partial charge in [0.25, 0.3) is 0 Å². The number of rotatable bonds is 5. The van der Waals surface area contributed by atoms with Gasteiger partial charge in [-0.05, 0) is 54.8 Å². The van der Waals surface area contributed by atoms with Gasteiger partial charge in [0.2, 0.25) is 0 Å². The second-order valence-corrected chi connectivity index (χ2v) is 4.49. The average molecular weight is 272 g/mol. The average Bonchev–Trinajstić information content (AvgIpc) is 2.44. The molecule has 2 aromatic rings. The molecule has 0 aliphatic rings. The molecule has 0 atom stereocenters. The smallest absolute Gasteiger partial charge is 0.311 e. The number of hydrogen-bond acceptors (Lipinski definition) is 4. The highest BCUT2D eigenvalue weighted by Crippen LogP contribution is 2.17. The first-order valence-electron chi connectivity index (χ1n) is 6.41. The Morgan fingerprint density at radius 2 is 1.45 bits per heavy atom. The van der Waals surface area contributed by atoms with Gasteiger partial charge in [0.1, 0.15) is 17.2 Å². The number of phenolic OH excluding ortho intramolecular Hbond substituents is 2. The maximum atomic E-state index is 11.6. The SMILES string of the molecule is O=C(CCCc1ccc(O)cc1)Oc1ccc(O)cc1. The van der Waals surface area contributed by atoms with Crippen molar-refractivity contribution in [1.82, 2.24) is 0 Å². The highest BCUT2D eigenvalue weighted by Gasteiger charge is 2.05. The molecular formula is C16H16O4. The van der Waals surface area contributed by atoms with Crippen molar-refractivity contribution in [3.05, 3.63) is 54.1 Å². The number of benzene rings is 2. The van der Waals surface area contributed by atoms with Crippen LogP contribution in [-0.4, -0.2) is 16.2 Å². The Labute approximate surface area is 117 Å². The number of carbonyl (C=O) groups excluding carboxylic acids is 1. The first kappa shape index (κ1) is 13.9. The topological polar surface area (TPSA) is 66.8 Å². The van der Waals surface area contributed by atoms with Crippen LogP contribution in [0.3, 0.4) is 0 Å². The molecule has 0 amide bonds. The van der Waals surface area contributed by atoms with Crippen LogP contribution in [0, 0.1) is 0 Å². The molecule has 0 bridgehead atoms. The van der Waals surface area contributed by atoms with Crippen molar-refractivity contribution in [2.75, 3.05) is 0 Å². The molecule has 2 rings (SSSR count). The largest absolute Gasteiger partial charge is 0.508 e. The van der Waals surface area contributed by atoms with Crippen LogP contribution in [0.1, 0.15) is 18.4 Å². The van der Waals surface area contributed by atoms with E-state index in [0.717, 1.165) is 12.0 Å². The van der Waals surface area contributed by atoms with Gasteiger partial charge in [0.15, 0.2) is 0 Å². The molecule has 2 aromatic carbocycles. The third kappa shape index (κ3) is 4.31. The molecule has 0 spiro atoms. The van der Waals surface area contributed by atoms with E-state index in [0.29, 0.717) is 18.6 Å². The van der Waals surface area contributed by atoms with Crippen molar-refractivity contribution < 1.29 is 19.7 Å². The normalized spacial score (nSPS) is 10.2. The van der Waals surface area contributed by atoms with Gasteiger partial charge in [-0.3, -0.25) is 4.79 Å². The molecule has 0 saturated heterocycles. The molecule has 0 radical (unpaired) electrons. The maximum absolute atomic E-state index is 11.6. The minimum absolute atomic E-state index is 0.136. The summed E-state index contributed by atoms with van der Waals surface area (Å²) in [7, 11) is 0. The van der Waals surface area contributed by atoms with E-state index in [1.165, 1.54) is 12.1 Å². The van der Waals surface area contributed by atoms with Crippen LogP contribution in [-0.2, 0) is 11.2 Å². The molecule has 104 valence electrons. The van der Waals surface area contributed by atoms with Gasteiger partial charge in [-0.15, -0.1) is 0 Å². The first-order chi connectivity index (χ1) is 9.63. The molecule has 0 unspecified atom stereocenters. The lowest BCUT2D eigenvalue weighted by Gasteiger charge is -2.04. The quantitative estimate of drug-likeness (QED) is 0.648. The van der Waals surface area contributed by atoms with Crippen LogP contribution in [0.15, 0.2) is 48.5 Å². The number of ether oxygens (including phenoxy) is 1. The molecule has 0 fully saturated rings. The molecule has 0 aromatic heterocycles. The number of esters is 1. The fraction of sp³-hybridized carbons (Fsp3) is 0.188. The van der Waals surface area contributed by atoms with Gasteiger partial charge in [0, 0.05) is 6.42 Å². The summed E-state index contributed by atoms with van der Waals surface area (Å²) < 4.78 is 5.14. The summed E-state index contributed by atoms with van der Waals surface area (Å²) in [6, 6.07) is 13.0. The van der Waals surface area contributed by atoms with E-state index in [1.54, 1.807) is 24.3 Å². The molecule has 4 heteroatoms. The van der Waals surface area contributed by atoms with E-state index in [-0.39, 0.29) is 17.5 Å². The number of phenols is 2. The van der Waals surface area contributed by atoms with Crippen molar-refractivity contribution in [2.24, 2.45) is 0 Å². The van der Waals surface area contributed by atoms with E-state index in [9.17, 15) is 4.79 Å². The number of hydrogen-bond donors (Lipinski definition) is 2. The minimum atomic E-state index is -0.297. The van der Waals surface area contributed by atoms with E-state index in [4.69, 9.17) is 14.9 Å². The summed E-state index contributed by atoms with van der Waals surface area (Å²) in [5.41, 5.74) is 1.07. The van der Waals surface area contributed by atoms with Crippen molar-refractivity contribution in [3.63, 3.8) is 0 Å². The Bertz CT molecular complexity index is 558. The van der Waals surface area contributed by atoms with Crippen LogP contribution in [0.25, 0.3) is 0 Å². The van der Waals surface area contributed by atoms with E-state index in [2.05, 4.69) is 0 Å². The zero-order valence-corrected chi connectivity index (χ0v) is 11.0. The summed E-state index contributed by atoms with van der Waals surface area (Å²) in [6.07, 6.45) is 1.76. The first-order valence-corrected chi connectivity index (χ1v) is 6.41. The fourth-order valence-electron chi connectivity index (χ4n) is 1.80. The molecule has 0 heterocycles. The standard InChI is InChI=1S/C16H16O4/c17-13-6-4-12(5-7-13)2-1-3-16(19)20-15-10-8-14(18)9-11-15/h4-11,17-18H,1-3H2. The van der Waals surface area contributed by atoms with Crippen LogP contribution in [0.4, 0.5) is 0 Å². The van der Waals surface area contributed by atoms with Gasteiger partial charge >= 0.3 is 5.97 Å². The molecule has 0 aliphatic heterocycles. The van der Waals surface area contributed by atoms with Crippen LogP contribution in [0.5, 0.6) is 17.2 Å². The van der Waals surface area contributed by atoms with Gasteiger partial charge in [-0.1, -0.05) is 12.1 Å². The highest BCUT2D eigenvalue weighted by molar-refractivity contribution is 5.72. The number of aryl methyl sites for hydroxylation is 1. The van der Waals surface area contributed by atoms with Crippen molar-refractivity contribution in [1.29, 1.82) is 0 Å². The lowest BCUT2D eigenvalue weighted by molar-refractivity contribution is -0.134. The van der Waals surface area contributed by atoms with Crippen molar-refractivity contribution in [2.45, 2.75) is 19.3 Å². The molecule has 4 nitrogen and oxygen atoms in total. The Balaban J connectivity index is 1.75. The molecule has 0 saturated carbocycles. The summed E-state index contributed by atoms with van der Waals surface area (Å²) in [6.45, 7) is 0. The Hall–Kier alpha value is -2.49. The summed E-state index contributed by atoms with van der Waals surface area (Å²) in [4.78, 5) is 11.6. The van der Waals surface area contributed by atoms with E-state index < -0.39 is 0 Å². The van der Waals surface area contributed by atoms with Crippen LogP contribution < -0.4 is 4.74 Å². The van der Waals surface area contributed by atoms with Gasteiger partial charge in [-0.25, -0.2) is 0 Å². The molecule has 0 aliphatic carbocycles. The van der Waals surface area contributed by atoms with Crippen molar-refractivity contribution >= 4 is 5.97 Å². The minimum Gasteiger partial charge on any atom is -0.508 e. The number of carbonyl (C=O) groups is 1.